The van der Waals surface area contributed by atoms with Gasteiger partial charge in [-0.2, -0.15) is 0 Å². The van der Waals surface area contributed by atoms with Crippen LogP contribution in [0.2, 0.25) is 0 Å². The number of hydrogen-bond acceptors (Lipinski definition) is 7. The predicted molar refractivity (Wildman–Crippen MR) is 127 cm³/mol. The molecule has 0 radical (unpaired) electrons. The fourth-order valence-corrected chi connectivity index (χ4v) is 3.26. The molecule has 9 nitrogen and oxygen atoms in total. The third kappa shape index (κ3) is 5.11. The topological polar surface area (TPSA) is 111 Å². The average molecular weight is 464 g/mol. The van der Waals surface area contributed by atoms with Crippen molar-refractivity contribution in [3.63, 3.8) is 0 Å². The van der Waals surface area contributed by atoms with Crippen LogP contribution in [0.15, 0.2) is 53.4 Å². The quantitative estimate of drug-likeness (QED) is 0.413. The Hall–Kier alpha value is -4.08. The molecule has 0 aliphatic heterocycles. The monoisotopic (exact) mass is 463 g/mol. The van der Waals surface area contributed by atoms with Gasteiger partial charge in [0.25, 0.3) is 5.91 Å². The summed E-state index contributed by atoms with van der Waals surface area (Å²) in [4.78, 5) is 17.0. The summed E-state index contributed by atoms with van der Waals surface area (Å²) in [6.07, 6.45) is 5.04. The van der Waals surface area contributed by atoms with Crippen molar-refractivity contribution in [1.29, 1.82) is 0 Å². The lowest BCUT2D eigenvalue weighted by Gasteiger charge is -2.12. The highest BCUT2D eigenvalue weighted by Crippen LogP contribution is 2.25. The van der Waals surface area contributed by atoms with Crippen LogP contribution < -0.4 is 10.6 Å². The summed E-state index contributed by atoms with van der Waals surface area (Å²) in [5, 5.41) is 18.1. The number of hydrogen-bond donors (Lipinski definition) is 2. The minimum atomic E-state index is -0.474. The second kappa shape index (κ2) is 9.42. The van der Waals surface area contributed by atoms with Gasteiger partial charge in [0, 0.05) is 41.5 Å². The Morgan fingerprint density at radius 1 is 1.18 bits per heavy atom. The summed E-state index contributed by atoms with van der Waals surface area (Å²) in [6.45, 7) is 7.67. The van der Waals surface area contributed by atoms with Gasteiger partial charge in [0.2, 0.25) is 0 Å². The molecule has 0 saturated carbocycles. The SMILES string of the molecule is Cc1ccc(C(=O)Nc2cc(C(C)(C)C)on2)cc1-n1cc(-c2cncc(NCCF)c2)nn1. The van der Waals surface area contributed by atoms with Gasteiger partial charge in [0.05, 0.1) is 17.6 Å². The number of rotatable bonds is 7. The first-order chi connectivity index (χ1) is 16.2. The molecule has 0 aliphatic carbocycles. The van der Waals surface area contributed by atoms with Crippen LogP contribution in [0.1, 0.15) is 42.5 Å². The number of halogens is 1. The molecule has 3 heterocycles. The third-order valence-corrected chi connectivity index (χ3v) is 5.16. The second-order valence-electron chi connectivity index (χ2n) is 8.91. The number of amides is 1. The number of aryl methyl sites for hydroxylation is 1. The van der Waals surface area contributed by atoms with Gasteiger partial charge >= 0.3 is 0 Å². The summed E-state index contributed by atoms with van der Waals surface area (Å²) in [7, 11) is 0. The zero-order valence-electron chi connectivity index (χ0n) is 19.5. The predicted octanol–water partition coefficient (Wildman–Crippen LogP) is 4.56. The Kier molecular flexibility index (Phi) is 6.40. The molecule has 0 fully saturated rings. The van der Waals surface area contributed by atoms with E-state index in [2.05, 4.69) is 31.1 Å². The van der Waals surface area contributed by atoms with Crippen LogP contribution in [0.25, 0.3) is 16.9 Å². The third-order valence-electron chi connectivity index (χ3n) is 5.16. The van der Waals surface area contributed by atoms with Gasteiger partial charge in [0.1, 0.15) is 18.1 Å². The number of nitrogens with zero attached hydrogens (tertiary/aromatic N) is 5. The number of carbonyl (C=O) groups is 1. The molecule has 4 rings (SSSR count). The van der Waals surface area contributed by atoms with E-state index in [9.17, 15) is 9.18 Å². The minimum Gasteiger partial charge on any atom is -0.381 e. The number of benzene rings is 1. The Labute approximate surface area is 196 Å². The van der Waals surface area contributed by atoms with E-state index in [1.54, 1.807) is 41.5 Å². The molecule has 4 aromatic rings. The van der Waals surface area contributed by atoms with E-state index in [1.165, 1.54) is 0 Å². The van der Waals surface area contributed by atoms with Crippen LogP contribution in [0, 0.1) is 6.92 Å². The maximum absolute atomic E-state index is 12.8. The lowest BCUT2D eigenvalue weighted by molar-refractivity contribution is 0.102. The molecule has 1 aromatic carbocycles. The molecule has 2 N–H and O–H groups in total. The fraction of sp³-hybridized carbons (Fsp3) is 0.292. The number of nitrogens with one attached hydrogen (secondary N) is 2. The van der Waals surface area contributed by atoms with Crippen LogP contribution in [-0.4, -0.2) is 44.3 Å². The number of carbonyl (C=O) groups excluding carboxylic acids is 1. The van der Waals surface area contributed by atoms with Crippen LogP contribution in [0.4, 0.5) is 15.9 Å². The number of anilines is 2. The van der Waals surface area contributed by atoms with Crippen molar-refractivity contribution >= 4 is 17.4 Å². The summed E-state index contributed by atoms with van der Waals surface area (Å²) >= 11 is 0. The standard InChI is InChI=1S/C24H26FN7O2/c1-15-5-6-16(23(33)28-22-11-21(34-30-22)24(2,3)4)10-20(15)32-14-19(29-31-32)17-9-18(13-26-12-17)27-8-7-25/h5-6,9-14,27H,7-8H2,1-4H3,(H,28,30,33). The fourth-order valence-electron chi connectivity index (χ4n) is 3.26. The molecule has 0 atom stereocenters. The normalized spacial score (nSPS) is 11.4. The van der Waals surface area contributed by atoms with Crippen LogP contribution in [0.3, 0.4) is 0 Å². The molecule has 3 aromatic heterocycles. The Bertz CT molecular complexity index is 1310. The van der Waals surface area contributed by atoms with E-state index in [-0.39, 0.29) is 17.9 Å². The van der Waals surface area contributed by atoms with Gasteiger partial charge in [-0.25, -0.2) is 9.07 Å². The summed E-state index contributed by atoms with van der Waals surface area (Å²) in [6, 6.07) is 8.88. The molecular formula is C24H26FN7O2. The average Bonchev–Trinajstić information content (AvgIpc) is 3.48. The van der Waals surface area contributed by atoms with E-state index in [0.717, 1.165) is 11.1 Å². The molecule has 0 bridgehead atoms. The van der Waals surface area contributed by atoms with Gasteiger partial charge in [-0.05, 0) is 30.7 Å². The van der Waals surface area contributed by atoms with Crippen molar-refractivity contribution in [3.05, 3.63) is 65.8 Å². The molecule has 34 heavy (non-hydrogen) atoms. The maximum Gasteiger partial charge on any atom is 0.256 e. The van der Waals surface area contributed by atoms with Crippen molar-refractivity contribution in [2.45, 2.75) is 33.1 Å². The van der Waals surface area contributed by atoms with E-state index < -0.39 is 6.67 Å². The highest BCUT2D eigenvalue weighted by atomic mass is 19.1. The Morgan fingerprint density at radius 3 is 2.74 bits per heavy atom. The smallest absolute Gasteiger partial charge is 0.256 e. The number of aromatic nitrogens is 5. The highest BCUT2D eigenvalue weighted by molar-refractivity contribution is 6.04. The van der Waals surface area contributed by atoms with E-state index in [1.807, 2.05) is 39.8 Å². The van der Waals surface area contributed by atoms with Gasteiger partial charge in [0.15, 0.2) is 5.82 Å². The van der Waals surface area contributed by atoms with Crippen molar-refractivity contribution in [2.24, 2.45) is 0 Å². The van der Waals surface area contributed by atoms with E-state index >= 15 is 0 Å². The first kappa shape index (κ1) is 23.1. The van der Waals surface area contributed by atoms with Gasteiger partial charge in [-0.3, -0.25) is 9.78 Å². The molecule has 0 unspecified atom stereocenters. The first-order valence-corrected chi connectivity index (χ1v) is 10.8. The summed E-state index contributed by atoms with van der Waals surface area (Å²) < 4.78 is 19.4. The maximum atomic E-state index is 12.8. The summed E-state index contributed by atoms with van der Waals surface area (Å²) in [5.74, 6) is 0.723. The van der Waals surface area contributed by atoms with E-state index in [4.69, 9.17) is 4.52 Å². The van der Waals surface area contributed by atoms with Crippen molar-refractivity contribution < 1.29 is 13.7 Å². The molecule has 0 aliphatic rings. The van der Waals surface area contributed by atoms with E-state index in [0.29, 0.717) is 34.2 Å². The zero-order valence-corrected chi connectivity index (χ0v) is 19.5. The van der Waals surface area contributed by atoms with Crippen molar-refractivity contribution in [3.8, 4) is 16.9 Å². The molecule has 0 saturated heterocycles. The number of pyridine rings is 1. The Morgan fingerprint density at radius 2 is 2.00 bits per heavy atom. The van der Waals surface area contributed by atoms with Crippen LogP contribution >= 0.6 is 0 Å². The largest absolute Gasteiger partial charge is 0.381 e. The van der Waals surface area contributed by atoms with Crippen LogP contribution in [0.5, 0.6) is 0 Å². The van der Waals surface area contributed by atoms with Gasteiger partial charge < -0.3 is 15.2 Å². The van der Waals surface area contributed by atoms with Gasteiger partial charge in [-0.1, -0.05) is 37.2 Å². The molecule has 176 valence electrons. The van der Waals surface area contributed by atoms with Gasteiger partial charge in [-0.15, -0.1) is 5.10 Å². The second-order valence-corrected chi connectivity index (χ2v) is 8.91. The summed E-state index contributed by atoms with van der Waals surface area (Å²) in [5.41, 5.74) is 3.89. The first-order valence-electron chi connectivity index (χ1n) is 10.8. The number of alkyl halides is 1. The Balaban J connectivity index is 1.55. The zero-order chi connectivity index (χ0) is 24.3. The molecule has 1 amide bonds. The van der Waals surface area contributed by atoms with Crippen molar-refractivity contribution in [1.82, 2.24) is 25.1 Å². The lowest BCUT2D eigenvalue weighted by atomic mass is 9.93. The molecule has 10 heteroatoms. The van der Waals surface area contributed by atoms with Crippen LogP contribution in [-0.2, 0) is 5.41 Å². The molecular weight excluding hydrogens is 437 g/mol. The molecule has 0 spiro atoms. The highest BCUT2D eigenvalue weighted by Gasteiger charge is 2.21. The minimum absolute atomic E-state index is 0.206. The van der Waals surface area contributed by atoms with Crippen molar-refractivity contribution in [2.75, 3.05) is 23.9 Å². The lowest BCUT2D eigenvalue weighted by Crippen LogP contribution is -2.13.